The maximum absolute atomic E-state index is 11.7. The van der Waals surface area contributed by atoms with Gasteiger partial charge in [-0.05, 0) is 18.6 Å². The van der Waals surface area contributed by atoms with Crippen LogP contribution in [0.4, 0.5) is 5.95 Å². The van der Waals surface area contributed by atoms with Crippen LogP contribution in [-0.4, -0.2) is 34.8 Å². The average molecular weight is 276 g/mol. The number of nitrogens with zero attached hydrogens (tertiary/aromatic N) is 2. The van der Waals surface area contributed by atoms with Crippen molar-refractivity contribution in [3.63, 3.8) is 0 Å². The maximum atomic E-state index is 11.7. The van der Waals surface area contributed by atoms with E-state index in [1.807, 2.05) is 31.2 Å². The third-order valence-corrected chi connectivity index (χ3v) is 2.59. The summed E-state index contributed by atoms with van der Waals surface area (Å²) in [4.78, 5) is 15.6. The Hall–Kier alpha value is -2.57. The Balaban J connectivity index is 1.77. The van der Waals surface area contributed by atoms with Crippen LogP contribution < -0.4 is 14.8 Å². The van der Waals surface area contributed by atoms with Crippen molar-refractivity contribution < 1.29 is 14.3 Å². The molecule has 0 bridgehead atoms. The molecule has 1 amide bonds. The molecule has 0 aliphatic carbocycles. The second-order valence-electron chi connectivity index (χ2n) is 4.08. The second kappa shape index (κ2) is 6.55. The first-order valence-electron chi connectivity index (χ1n) is 6.13. The van der Waals surface area contributed by atoms with Crippen molar-refractivity contribution in [2.45, 2.75) is 13.3 Å². The first-order chi connectivity index (χ1) is 9.69. The van der Waals surface area contributed by atoms with Crippen LogP contribution >= 0.6 is 0 Å². The van der Waals surface area contributed by atoms with Crippen molar-refractivity contribution in [1.82, 2.24) is 15.2 Å². The quantitative estimate of drug-likeness (QED) is 0.835. The number of H-pyrrole nitrogens is 1. The van der Waals surface area contributed by atoms with Crippen molar-refractivity contribution in [2.24, 2.45) is 0 Å². The fourth-order valence-corrected chi connectivity index (χ4v) is 1.56. The Bertz CT molecular complexity index is 583. The number of hydrogen-bond donors (Lipinski definition) is 2. The van der Waals surface area contributed by atoms with E-state index in [0.717, 1.165) is 11.3 Å². The molecule has 106 valence electrons. The summed E-state index contributed by atoms with van der Waals surface area (Å²) in [5.74, 6) is 0.821. The summed E-state index contributed by atoms with van der Waals surface area (Å²) in [5, 5.41) is 8.84. The number of carbonyl (C=O) groups excluding carboxylic acids is 1. The molecule has 1 aromatic carbocycles. The summed E-state index contributed by atoms with van der Waals surface area (Å²) in [6, 6.07) is 7.83. The normalized spacial score (nSPS) is 10.1. The van der Waals surface area contributed by atoms with Gasteiger partial charge in [-0.2, -0.15) is 4.98 Å². The van der Waals surface area contributed by atoms with E-state index in [-0.39, 0.29) is 24.3 Å². The van der Waals surface area contributed by atoms with Crippen molar-refractivity contribution in [3.8, 4) is 11.8 Å². The molecule has 1 aromatic heterocycles. The van der Waals surface area contributed by atoms with E-state index < -0.39 is 0 Å². The van der Waals surface area contributed by atoms with E-state index in [9.17, 15) is 4.79 Å². The van der Waals surface area contributed by atoms with Crippen LogP contribution in [-0.2, 0) is 4.79 Å². The van der Waals surface area contributed by atoms with Crippen LogP contribution in [0.2, 0.25) is 0 Å². The lowest BCUT2D eigenvalue weighted by atomic mass is 10.2. The smallest absolute Gasteiger partial charge is 0.336 e. The van der Waals surface area contributed by atoms with Crippen LogP contribution in [0.15, 0.2) is 24.3 Å². The minimum absolute atomic E-state index is 0.177. The lowest BCUT2D eigenvalue weighted by Gasteiger charge is -2.08. The van der Waals surface area contributed by atoms with Gasteiger partial charge in [0.1, 0.15) is 5.75 Å². The predicted molar refractivity (Wildman–Crippen MR) is 72.9 cm³/mol. The van der Waals surface area contributed by atoms with E-state index in [1.165, 1.54) is 7.11 Å². The number of anilines is 1. The van der Waals surface area contributed by atoms with Gasteiger partial charge >= 0.3 is 6.01 Å². The molecule has 0 spiro atoms. The molecule has 7 heteroatoms. The highest BCUT2D eigenvalue weighted by atomic mass is 16.5. The fourth-order valence-electron chi connectivity index (χ4n) is 1.56. The number of hydrogen-bond acceptors (Lipinski definition) is 5. The SMILES string of the molecule is COc1n[nH]c(NC(=O)CCOc2ccccc2C)n1. The zero-order valence-electron chi connectivity index (χ0n) is 11.3. The molecule has 0 unspecified atom stereocenters. The molecular weight excluding hydrogens is 260 g/mol. The van der Waals surface area contributed by atoms with Gasteiger partial charge in [-0.3, -0.25) is 10.1 Å². The van der Waals surface area contributed by atoms with Crippen molar-refractivity contribution in [3.05, 3.63) is 29.8 Å². The summed E-state index contributed by atoms with van der Waals surface area (Å²) >= 11 is 0. The second-order valence-corrected chi connectivity index (χ2v) is 4.08. The number of aromatic amines is 1. The van der Waals surface area contributed by atoms with Crippen molar-refractivity contribution in [2.75, 3.05) is 19.0 Å². The number of aromatic nitrogens is 3. The first-order valence-corrected chi connectivity index (χ1v) is 6.13. The van der Waals surface area contributed by atoms with Gasteiger partial charge in [-0.25, -0.2) is 5.10 Å². The summed E-state index contributed by atoms with van der Waals surface area (Å²) < 4.78 is 10.3. The monoisotopic (exact) mass is 276 g/mol. The maximum Gasteiger partial charge on any atom is 0.336 e. The number of rotatable bonds is 6. The van der Waals surface area contributed by atoms with Gasteiger partial charge in [0.05, 0.1) is 20.1 Å². The molecule has 2 N–H and O–H groups in total. The molecule has 1 heterocycles. The molecule has 2 aromatic rings. The molecule has 0 saturated carbocycles. The standard InChI is InChI=1S/C13H16N4O3/c1-9-5-3-4-6-10(9)20-8-7-11(18)14-12-15-13(19-2)17-16-12/h3-6H,7-8H2,1-2H3,(H2,14,15,16,17,18). The third-order valence-electron chi connectivity index (χ3n) is 2.59. The highest BCUT2D eigenvalue weighted by Crippen LogP contribution is 2.16. The Kier molecular flexibility index (Phi) is 4.54. The van der Waals surface area contributed by atoms with Crippen LogP contribution in [0.1, 0.15) is 12.0 Å². The summed E-state index contributed by atoms with van der Waals surface area (Å²) in [6.45, 7) is 2.25. The van der Waals surface area contributed by atoms with Crippen LogP contribution in [0, 0.1) is 6.92 Å². The minimum atomic E-state index is -0.211. The third kappa shape index (κ3) is 3.71. The van der Waals surface area contributed by atoms with Crippen LogP contribution in [0.3, 0.4) is 0 Å². The number of ether oxygens (including phenoxy) is 2. The van der Waals surface area contributed by atoms with Crippen molar-refractivity contribution >= 4 is 11.9 Å². The Morgan fingerprint density at radius 2 is 2.20 bits per heavy atom. The minimum Gasteiger partial charge on any atom is -0.493 e. The van der Waals surface area contributed by atoms with Gasteiger partial charge in [-0.1, -0.05) is 18.2 Å². The molecule has 0 radical (unpaired) electrons. The number of para-hydroxylation sites is 1. The molecule has 7 nitrogen and oxygen atoms in total. The highest BCUT2D eigenvalue weighted by Gasteiger charge is 2.07. The number of nitrogens with one attached hydrogen (secondary N) is 2. The number of methoxy groups -OCH3 is 1. The summed E-state index contributed by atoms with van der Waals surface area (Å²) in [7, 11) is 1.45. The zero-order chi connectivity index (χ0) is 14.4. The molecule has 0 saturated heterocycles. The number of carbonyl (C=O) groups is 1. The Morgan fingerprint density at radius 1 is 1.40 bits per heavy atom. The molecule has 0 atom stereocenters. The van der Waals surface area contributed by atoms with E-state index >= 15 is 0 Å². The number of aryl methyl sites for hydroxylation is 1. The van der Waals surface area contributed by atoms with E-state index in [2.05, 4.69) is 20.5 Å². The van der Waals surface area contributed by atoms with E-state index in [4.69, 9.17) is 9.47 Å². The van der Waals surface area contributed by atoms with Gasteiger partial charge in [0.15, 0.2) is 0 Å². The molecular formula is C13H16N4O3. The number of benzene rings is 1. The average Bonchev–Trinajstić information content (AvgIpc) is 2.88. The van der Waals surface area contributed by atoms with Gasteiger partial charge in [0.2, 0.25) is 11.9 Å². The van der Waals surface area contributed by atoms with E-state index in [0.29, 0.717) is 6.61 Å². The molecule has 0 aliphatic heterocycles. The van der Waals surface area contributed by atoms with Gasteiger partial charge in [-0.15, -0.1) is 5.10 Å². The van der Waals surface area contributed by atoms with Gasteiger partial charge in [0.25, 0.3) is 0 Å². The predicted octanol–water partition coefficient (Wildman–Crippen LogP) is 1.53. The number of amides is 1. The van der Waals surface area contributed by atoms with Gasteiger partial charge in [0, 0.05) is 0 Å². The first kappa shape index (κ1) is 13.9. The zero-order valence-corrected chi connectivity index (χ0v) is 11.3. The Morgan fingerprint density at radius 3 is 2.90 bits per heavy atom. The largest absolute Gasteiger partial charge is 0.493 e. The fraction of sp³-hybridized carbons (Fsp3) is 0.308. The molecule has 0 fully saturated rings. The van der Waals surface area contributed by atoms with Gasteiger partial charge < -0.3 is 9.47 Å². The summed E-state index contributed by atoms with van der Waals surface area (Å²) in [5.41, 5.74) is 1.04. The van der Waals surface area contributed by atoms with Crippen LogP contribution in [0.5, 0.6) is 11.8 Å². The lowest BCUT2D eigenvalue weighted by Crippen LogP contribution is -2.16. The highest BCUT2D eigenvalue weighted by molar-refractivity contribution is 5.88. The van der Waals surface area contributed by atoms with Crippen LogP contribution in [0.25, 0.3) is 0 Å². The molecule has 20 heavy (non-hydrogen) atoms. The molecule has 2 rings (SSSR count). The topological polar surface area (TPSA) is 89.1 Å². The van der Waals surface area contributed by atoms with Crippen molar-refractivity contribution in [1.29, 1.82) is 0 Å². The molecule has 0 aliphatic rings. The van der Waals surface area contributed by atoms with E-state index in [1.54, 1.807) is 0 Å². The summed E-state index contributed by atoms with van der Waals surface area (Å²) in [6.07, 6.45) is 0.220. The Labute approximate surface area is 116 Å². The lowest BCUT2D eigenvalue weighted by molar-refractivity contribution is -0.116.